The highest BCUT2D eigenvalue weighted by Gasteiger charge is 2.00. The fourth-order valence-electron chi connectivity index (χ4n) is 1.07. The molecule has 0 saturated carbocycles. The van der Waals surface area contributed by atoms with Gasteiger partial charge in [0.25, 0.3) is 0 Å². The van der Waals surface area contributed by atoms with Crippen LogP contribution in [-0.4, -0.2) is 5.88 Å². The Morgan fingerprint density at radius 2 is 2.29 bits per heavy atom. The van der Waals surface area contributed by atoms with Gasteiger partial charge in [0.05, 0.1) is 0 Å². The van der Waals surface area contributed by atoms with E-state index in [1.807, 2.05) is 13.0 Å². The predicted molar refractivity (Wildman–Crippen MR) is 63.1 cm³/mol. The van der Waals surface area contributed by atoms with E-state index in [-0.39, 0.29) is 5.82 Å². The lowest BCUT2D eigenvalue weighted by molar-refractivity contribution is 0.627. The zero-order valence-corrected chi connectivity index (χ0v) is 10.2. The molecular weight excluding hydrogens is 266 g/mol. The zero-order valence-electron chi connectivity index (χ0n) is 7.86. The van der Waals surface area contributed by atoms with E-state index in [4.69, 9.17) is 11.6 Å². The molecule has 14 heavy (non-hydrogen) atoms. The van der Waals surface area contributed by atoms with Gasteiger partial charge in [-0.15, -0.1) is 11.6 Å². The van der Waals surface area contributed by atoms with E-state index in [2.05, 4.69) is 15.9 Å². The summed E-state index contributed by atoms with van der Waals surface area (Å²) >= 11 is 9.05. The first-order valence-corrected chi connectivity index (χ1v) is 5.70. The van der Waals surface area contributed by atoms with Crippen molar-refractivity contribution in [1.82, 2.24) is 0 Å². The molecule has 0 aliphatic carbocycles. The molecule has 1 rings (SSSR count). The van der Waals surface area contributed by atoms with Gasteiger partial charge in [-0.2, -0.15) is 0 Å². The molecule has 0 aromatic heterocycles. The average molecular weight is 278 g/mol. The van der Waals surface area contributed by atoms with Crippen LogP contribution in [0, 0.1) is 5.82 Å². The lowest BCUT2D eigenvalue weighted by Crippen LogP contribution is -1.84. The number of hydrogen-bond acceptors (Lipinski definition) is 0. The monoisotopic (exact) mass is 276 g/mol. The van der Waals surface area contributed by atoms with Gasteiger partial charge in [0.2, 0.25) is 0 Å². The molecule has 0 atom stereocenters. The van der Waals surface area contributed by atoms with Crippen LogP contribution < -0.4 is 0 Å². The average Bonchev–Trinajstić information content (AvgIpc) is 2.17. The lowest BCUT2D eigenvalue weighted by atomic mass is 10.1. The normalized spacial score (nSPS) is 11.9. The minimum Gasteiger partial charge on any atom is -0.207 e. The highest BCUT2D eigenvalue weighted by molar-refractivity contribution is 9.10. The van der Waals surface area contributed by atoms with Gasteiger partial charge in [-0.05, 0) is 24.1 Å². The third-order valence-electron chi connectivity index (χ3n) is 1.95. The third-order valence-corrected chi connectivity index (χ3v) is 2.98. The fourth-order valence-corrected chi connectivity index (χ4v) is 1.81. The Kier molecular flexibility index (Phi) is 4.63. The first-order chi connectivity index (χ1) is 6.67. The van der Waals surface area contributed by atoms with Gasteiger partial charge in [-0.25, -0.2) is 4.39 Å². The standard InChI is InChI=1S/C11H11BrClF/c1-2-8(7-13)5-9-3-4-10(14)6-11(9)12/h3-6H,2,7H2,1H3/b8-5-. The summed E-state index contributed by atoms with van der Waals surface area (Å²) < 4.78 is 13.5. The largest absolute Gasteiger partial charge is 0.207 e. The molecule has 0 radical (unpaired) electrons. The number of rotatable bonds is 3. The second-order valence-electron chi connectivity index (χ2n) is 2.96. The maximum Gasteiger partial charge on any atom is 0.124 e. The second-order valence-corrected chi connectivity index (χ2v) is 4.08. The molecule has 0 spiro atoms. The smallest absolute Gasteiger partial charge is 0.124 e. The SMILES string of the molecule is CC/C(=C/c1ccc(F)cc1Br)CCl. The summed E-state index contributed by atoms with van der Waals surface area (Å²) in [5, 5.41) is 0. The number of allylic oxidation sites excluding steroid dienone is 1. The first-order valence-electron chi connectivity index (χ1n) is 4.37. The van der Waals surface area contributed by atoms with Crippen molar-refractivity contribution in [1.29, 1.82) is 0 Å². The van der Waals surface area contributed by atoms with Gasteiger partial charge in [-0.3, -0.25) is 0 Å². The molecule has 0 aliphatic heterocycles. The Labute approximate surface area is 96.9 Å². The van der Waals surface area contributed by atoms with Gasteiger partial charge in [0.15, 0.2) is 0 Å². The molecule has 0 saturated heterocycles. The number of benzene rings is 1. The molecule has 76 valence electrons. The van der Waals surface area contributed by atoms with Crippen LogP contribution in [0.25, 0.3) is 6.08 Å². The Hall–Kier alpha value is -0.340. The quantitative estimate of drug-likeness (QED) is 0.707. The van der Waals surface area contributed by atoms with Crippen molar-refractivity contribution in [3.63, 3.8) is 0 Å². The Bertz CT molecular complexity index is 341. The molecule has 0 bridgehead atoms. The van der Waals surface area contributed by atoms with Gasteiger partial charge in [0, 0.05) is 10.4 Å². The van der Waals surface area contributed by atoms with E-state index >= 15 is 0 Å². The number of alkyl halides is 1. The van der Waals surface area contributed by atoms with Crippen molar-refractivity contribution in [2.24, 2.45) is 0 Å². The Morgan fingerprint density at radius 1 is 1.57 bits per heavy atom. The molecule has 0 fully saturated rings. The molecule has 0 unspecified atom stereocenters. The van der Waals surface area contributed by atoms with Gasteiger partial charge < -0.3 is 0 Å². The van der Waals surface area contributed by atoms with Crippen molar-refractivity contribution < 1.29 is 4.39 Å². The van der Waals surface area contributed by atoms with Crippen LogP contribution in [0.15, 0.2) is 28.2 Å². The summed E-state index contributed by atoms with van der Waals surface area (Å²) in [5.41, 5.74) is 2.10. The summed E-state index contributed by atoms with van der Waals surface area (Å²) in [6, 6.07) is 4.63. The number of hydrogen-bond donors (Lipinski definition) is 0. The van der Waals surface area contributed by atoms with E-state index in [1.54, 1.807) is 6.07 Å². The predicted octanol–water partition coefficient (Wildman–Crippen LogP) is 4.62. The fraction of sp³-hybridized carbons (Fsp3) is 0.273. The number of halogens is 3. The van der Waals surface area contributed by atoms with Crippen LogP contribution in [-0.2, 0) is 0 Å². The molecular formula is C11H11BrClF. The van der Waals surface area contributed by atoms with E-state index in [0.717, 1.165) is 22.0 Å². The topological polar surface area (TPSA) is 0 Å². The first kappa shape index (κ1) is 11.7. The molecule has 1 aromatic carbocycles. The summed E-state index contributed by atoms with van der Waals surface area (Å²) in [6.07, 6.45) is 2.89. The maximum absolute atomic E-state index is 12.8. The van der Waals surface area contributed by atoms with E-state index in [1.165, 1.54) is 12.1 Å². The second kappa shape index (κ2) is 5.52. The summed E-state index contributed by atoms with van der Waals surface area (Å²) in [7, 11) is 0. The zero-order chi connectivity index (χ0) is 10.6. The third kappa shape index (κ3) is 3.10. The maximum atomic E-state index is 12.8. The van der Waals surface area contributed by atoms with E-state index in [9.17, 15) is 4.39 Å². The minimum absolute atomic E-state index is 0.238. The Morgan fingerprint density at radius 3 is 2.79 bits per heavy atom. The van der Waals surface area contributed by atoms with Crippen molar-refractivity contribution in [3.05, 3.63) is 39.6 Å². The molecule has 0 heterocycles. The highest BCUT2D eigenvalue weighted by Crippen LogP contribution is 2.21. The molecule has 3 heteroatoms. The molecule has 1 aromatic rings. The van der Waals surface area contributed by atoms with Gasteiger partial charge in [0.1, 0.15) is 5.82 Å². The van der Waals surface area contributed by atoms with Crippen molar-refractivity contribution in [3.8, 4) is 0 Å². The van der Waals surface area contributed by atoms with Crippen LogP contribution in [0.2, 0.25) is 0 Å². The minimum atomic E-state index is -0.238. The molecule has 0 nitrogen and oxygen atoms in total. The Balaban J connectivity index is 3.02. The van der Waals surface area contributed by atoms with Crippen molar-refractivity contribution >= 4 is 33.6 Å². The van der Waals surface area contributed by atoms with Crippen LogP contribution in [0.5, 0.6) is 0 Å². The lowest BCUT2D eigenvalue weighted by Gasteiger charge is -2.02. The molecule has 0 amide bonds. The highest BCUT2D eigenvalue weighted by atomic mass is 79.9. The van der Waals surface area contributed by atoms with Gasteiger partial charge >= 0.3 is 0 Å². The van der Waals surface area contributed by atoms with Crippen LogP contribution in [0.4, 0.5) is 4.39 Å². The summed E-state index contributed by atoms with van der Waals surface area (Å²) in [5.74, 6) is 0.276. The summed E-state index contributed by atoms with van der Waals surface area (Å²) in [4.78, 5) is 0. The van der Waals surface area contributed by atoms with E-state index in [0.29, 0.717) is 5.88 Å². The van der Waals surface area contributed by atoms with Crippen molar-refractivity contribution in [2.45, 2.75) is 13.3 Å². The van der Waals surface area contributed by atoms with Crippen LogP contribution in [0.3, 0.4) is 0 Å². The molecule has 0 aliphatic rings. The molecule has 0 N–H and O–H groups in total. The van der Waals surface area contributed by atoms with Crippen LogP contribution in [0.1, 0.15) is 18.9 Å². The van der Waals surface area contributed by atoms with Crippen LogP contribution >= 0.6 is 27.5 Å². The van der Waals surface area contributed by atoms with Gasteiger partial charge in [-0.1, -0.05) is 40.6 Å². The van der Waals surface area contributed by atoms with E-state index < -0.39 is 0 Å². The summed E-state index contributed by atoms with van der Waals surface area (Å²) in [6.45, 7) is 2.05. The van der Waals surface area contributed by atoms with Crippen molar-refractivity contribution in [2.75, 3.05) is 5.88 Å².